The molecule has 1 saturated carbocycles. The summed E-state index contributed by atoms with van der Waals surface area (Å²) in [5.74, 6) is 1.74. The molecule has 2 aromatic rings. The highest BCUT2D eigenvalue weighted by molar-refractivity contribution is 5.89. The number of carbonyl (C=O) groups is 4. The molecule has 0 radical (unpaired) electrons. The summed E-state index contributed by atoms with van der Waals surface area (Å²) in [6.45, 7) is 3.80. The lowest BCUT2D eigenvalue weighted by Gasteiger charge is -2.60. The van der Waals surface area contributed by atoms with Crippen LogP contribution in [0.3, 0.4) is 0 Å². The Bertz CT molecular complexity index is 1720. The fourth-order valence-corrected chi connectivity index (χ4v) is 8.98. The second-order valence-electron chi connectivity index (χ2n) is 14.6. The number of ketones is 1. The van der Waals surface area contributed by atoms with Crippen molar-refractivity contribution in [2.75, 3.05) is 47.4 Å². The number of nitrogens with two attached hydrogens (primary N) is 2. The Morgan fingerprint density at radius 3 is 2.62 bits per heavy atom. The van der Waals surface area contributed by atoms with E-state index in [0.29, 0.717) is 49.3 Å². The van der Waals surface area contributed by atoms with Gasteiger partial charge >= 0.3 is 6.09 Å². The molecule has 2 heterocycles. The number of halogens is 1. The lowest BCUT2D eigenvalue weighted by molar-refractivity contribution is -0.957. The fourth-order valence-electron chi connectivity index (χ4n) is 8.98. The Hall–Kier alpha value is -4.56. The van der Waals surface area contributed by atoms with Crippen LogP contribution in [-0.4, -0.2) is 105 Å². The SMILES string of the molecule is COc1ccc2c3c1O[C@H]1C(=O)CC[C@H]4C(C2)[N@@+](C)(Cc2ccc(OC(=O)N(C)CCNC(=O)[C@H](CCCN=C(N)N)NC(C)=O)cc2)CC[C@]314.[Cl-]. The molecule has 3 amide bonds. The number of likely N-dealkylation sites (tertiary alicyclic amines) is 1. The molecule has 2 aliphatic heterocycles. The third kappa shape index (κ3) is 7.36. The third-order valence-electron chi connectivity index (χ3n) is 11.4. The highest BCUT2D eigenvalue weighted by atomic mass is 35.5. The molecule has 1 unspecified atom stereocenters. The molecule has 2 aromatic carbocycles. The van der Waals surface area contributed by atoms with Crippen LogP contribution < -0.4 is 48.7 Å². The molecule has 1 spiro atoms. The number of piperidine rings is 1. The Morgan fingerprint density at radius 1 is 1.17 bits per heavy atom. The van der Waals surface area contributed by atoms with E-state index in [4.69, 9.17) is 25.7 Å². The standard InChI is InChI=1S/C37H49N7O7.ClH/c1-22(45)42-27(6-5-16-41-35(38)39)34(47)40-17-18-43(2)36(48)50-25-10-7-23(8-11-25)21-44(3)19-15-37-26-12-13-29(46)33(37)51-32-30(49-4)14-9-24(31(32)37)20-28(26)44;/h7-11,14,26-28,33H,5-6,12-13,15-21H2,1-4H3,(H5-,38,39,40,41,42,45,47);1H/t26-,27-,28?,33-,37-,44+;/m0./s1. The van der Waals surface area contributed by atoms with E-state index < -0.39 is 18.2 Å². The van der Waals surface area contributed by atoms with Crippen molar-refractivity contribution in [2.45, 2.75) is 75.6 Å². The number of hydrogen-bond donors (Lipinski definition) is 4. The van der Waals surface area contributed by atoms with Gasteiger partial charge in [0.15, 0.2) is 29.3 Å². The smallest absolute Gasteiger partial charge is 0.415 e. The monoisotopic (exact) mass is 739 g/mol. The molecule has 2 bridgehead atoms. The lowest BCUT2D eigenvalue weighted by atomic mass is 9.51. The summed E-state index contributed by atoms with van der Waals surface area (Å²) in [6.07, 6.45) is 3.09. The van der Waals surface area contributed by atoms with Gasteiger partial charge < -0.3 is 58.1 Å². The Balaban J connectivity index is 0.00000523. The van der Waals surface area contributed by atoms with E-state index >= 15 is 0 Å². The molecular weight excluding hydrogens is 690 g/mol. The molecule has 2 fully saturated rings. The van der Waals surface area contributed by atoms with Gasteiger partial charge in [0, 0.05) is 69.9 Å². The molecule has 2 aliphatic carbocycles. The molecule has 15 heteroatoms. The van der Waals surface area contributed by atoms with E-state index in [0.717, 1.165) is 48.1 Å². The second kappa shape index (κ2) is 15.6. The predicted octanol–water partition coefficient (Wildman–Crippen LogP) is -1.24. The van der Waals surface area contributed by atoms with Gasteiger partial charge in [-0.05, 0) is 55.2 Å². The van der Waals surface area contributed by atoms with Gasteiger partial charge in [-0.3, -0.25) is 19.4 Å². The maximum atomic E-state index is 13.3. The van der Waals surface area contributed by atoms with Crippen LogP contribution in [0.4, 0.5) is 4.79 Å². The number of carbonyl (C=O) groups excluding carboxylic acids is 4. The van der Waals surface area contributed by atoms with Crippen molar-refractivity contribution in [2.24, 2.45) is 22.4 Å². The quantitative estimate of drug-likeness (QED) is 0.0844. The Morgan fingerprint density at radius 2 is 1.92 bits per heavy atom. The Labute approximate surface area is 310 Å². The average Bonchev–Trinajstić information content (AvgIpc) is 3.45. The number of Topliss-reactive ketones (excluding diaryl/α,β-unsaturated/α-hetero) is 1. The summed E-state index contributed by atoms with van der Waals surface area (Å²) >= 11 is 0. The van der Waals surface area contributed by atoms with Crippen LogP contribution in [-0.2, 0) is 32.8 Å². The number of benzene rings is 2. The van der Waals surface area contributed by atoms with Crippen molar-refractivity contribution >= 4 is 29.7 Å². The number of aliphatic imine (C=N–C) groups is 1. The van der Waals surface area contributed by atoms with Crippen molar-refractivity contribution < 1.29 is 50.3 Å². The maximum absolute atomic E-state index is 13.3. The lowest BCUT2D eigenvalue weighted by Crippen LogP contribution is -3.00. The molecule has 6 rings (SSSR count). The number of hydrogen-bond acceptors (Lipinski definition) is 8. The van der Waals surface area contributed by atoms with Gasteiger partial charge in [0.1, 0.15) is 18.3 Å². The van der Waals surface area contributed by atoms with E-state index in [2.05, 4.69) is 28.7 Å². The number of nitrogens with zero attached hydrogens (tertiary/aromatic N) is 3. The molecule has 14 nitrogen and oxygen atoms in total. The summed E-state index contributed by atoms with van der Waals surface area (Å²) < 4.78 is 18.6. The van der Waals surface area contributed by atoms with Crippen LogP contribution in [0.5, 0.6) is 17.2 Å². The van der Waals surface area contributed by atoms with Gasteiger partial charge in [0.2, 0.25) is 11.8 Å². The zero-order valence-corrected chi connectivity index (χ0v) is 31.0. The highest BCUT2D eigenvalue weighted by Crippen LogP contribution is 2.64. The minimum Gasteiger partial charge on any atom is -1.00 e. The first-order valence-corrected chi connectivity index (χ1v) is 17.7. The van der Waals surface area contributed by atoms with E-state index in [1.165, 1.54) is 23.0 Å². The number of rotatable bonds is 13. The molecule has 52 heavy (non-hydrogen) atoms. The largest absolute Gasteiger partial charge is 1.00 e. The zero-order chi connectivity index (χ0) is 36.5. The number of ether oxygens (including phenoxy) is 3. The predicted molar refractivity (Wildman–Crippen MR) is 189 cm³/mol. The van der Waals surface area contributed by atoms with Crippen molar-refractivity contribution in [3.63, 3.8) is 0 Å². The number of quaternary nitrogens is 1. The zero-order valence-electron chi connectivity index (χ0n) is 30.3. The maximum Gasteiger partial charge on any atom is 0.415 e. The summed E-state index contributed by atoms with van der Waals surface area (Å²) in [5, 5.41) is 5.41. The number of methoxy groups -OCH3 is 1. The summed E-state index contributed by atoms with van der Waals surface area (Å²) in [7, 11) is 5.59. The van der Waals surface area contributed by atoms with Gasteiger partial charge in [0.25, 0.3) is 0 Å². The molecule has 6 atom stereocenters. The van der Waals surface area contributed by atoms with Gasteiger partial charge in [-0.1, -0.05) is 6.07 Å². The van der Waals surface area contributed by atoms with E-state index in [9.17, 15) is 19.2 Å². The molecule has 6 N–H and O–H groups in total. The fraction of sp³-hybridized carbons (Fsp3) is 0.541. The number of amides is 3. The van der Waals surface area contributed by atoms with Gasteiger partial charge in [-0.15, -0.1) is 0 Å². The molecule has 4 aliphatic rings. The van der Waals surface area contributed by atoms with Gasteiger partial charge in [0.05, 0.1) is 32.2 Å². The Kier molecular flexibility index (Phi) is 11.6. The van der Waals surface area contributed by atoms with E-state index in [1.807, 2.05) is 30.3 Å². The van der Waals surface area contributed by atoms with E-state index in [1.54, 1.807) is 14.2 Å². The first-order chi connectivity index (χ1) is 24.4. The topological polar surface area (TPSA) is 188 Å². The van der Waals surface area contributed by atoms with Crippen molar-refractivity contribution in [3.05, 3.63) is 53.1 Å². The number of nitrogens with one attached hydrogen (secondary N) is 2. The van der Waals surface area contributed by atoms with Crippen LogP contribution in [0.2, 0.25) is 0 Å². The van der Waals surface area contributed by atoms with Crippen LogP contribution in [0.15, 0.2) is 41.4 Å². The average molecular weight is 740 g/mol. The third-order valence-corrected chi connectivity index (χ3v) is 11.4. The minimum atomic E-state index is -0.741. The van der Waals surface area contributed by atoms with Crippen LogP contribution in [0.1, 0.15) is 55.7 Å². The highest BCUT2D eigenvalue weighted by Gasteiger charge is 2.69. The van der Waals surface area contributed by atoms with Crippen molar-refractivity contribution in [3.8, 4) is 17.2 Å². The summed E-state index contributed by atoms with van der Waals surface area (Å²) in [5.41, 5.74) is 14.0. The molecular formula is C37H50ClN7O7. The summed E-state index contributed by atoms with van der Waals surface area (Å²) in [4.78, 5) is 55.7. The van der Waals surface area contributed by atoms with Gasteiger partial charge in [-0.2, -0.15) is 0 Å². The number of likely N-dealkylation sites (N-methyl/N-ethyl adjacent to an activating group) is 2. The van der Waals surface area contributed by atoms with E-state index in [-0.39, 0.29) is 54.5 Å². The molecule has 1 saturated heterocycles. The normalized spacial score (nSPS) is 25.3. The summed E-state index contributed by atoms with van der Waals surface area (Å²) in [6, 6.07) is 11.4. The molecule has 0 aromatic heterocycles. The molecule has 282 valence electrons. The first kappa shape index (κ1) is 38.7. The number of guanidine groups is 1. The minimum absolute atomic E-state index is 0. The van der Waals surface area contributed by atoms with Crippen LogP contribution >= 0.6 is 0 Å². The van der Waals surface area contributed by atoms with Crippen LogP contribution in [0, 0.1) is 5.92 Å². The van der Waals surface area contributed by atoms with Crippen LogP contribution in [0.25, 0.3) is 0 Å². The van der Waals surface area contributed by atoms with Gasteiger partial charge in [-0.25, -0.2) is 4.79 Å². The van der Waals surface area contributed by atoms with Crippen molar-refractivity contribution in [1.82, 2.24) is 15.5 Å². The second-order valence-corrected chi connectivity index (χ2v) is 14.6. The first-order valence-electron chi connectivity index (χ1n) is 17.7. The van der Waals surface area contributed by atoms with Crippen molar-refractivity contribution in [1.29, 1.82) is 0 Å².